The van der Waals surface area contributed by atoms with Gasteiger partial charge in [0.25, 0.3) is 0 Å². The summed E-state index contributed by atoms with van der Waals surface area (Å²) < 4.78 is 38.3. The molecule has 0 spiro atoms. The Labute approximate surface area is 169 Å². The van der Waals surface area contributed by atoms with E-state index in [2.05, 4.69) is 27.7 Å². The molecule has 2 aromatic rings. The molecular weight excluding hydrogens is 377 g/mol. The highest BCUT2D eigenvalue weighted by molar-refractivity contribution is 5.77. The van der Waals surface area contributed by atoms with Gasteiger partial charge in [0, 0.05) is 0 Å². The van der Waals surface area contributed by atoms with E-state index in [9.17, 15) is 23.1 Å². The summed E-state index contributed by atoms with van der Waals surface area (Å²) in [5.74, 6) is -1.78. The molecule has 0 amide bonds. The lowest BCUT2D eigenvalue weighted by Gasteiger charge is -2.42. The monoisotopic (exact) mass is 404 g/mol. The molecule has 0 heterocycles. The van der Waals surface area contributed by atoms with Crippen LogP contribution in [-0.2, 0) is 28.2 Å². The third-order valence-corrected chi connectivity index (χ3v) is 6.30. The lowest BCUT2D eigenvalue weighted by molar-refractivity contribution is -0.139. The zero-order valence-electron chi connectivity index (χ0n) is 17.2. The average Bonchev–Trinajstić information content (AvgIpc) is 2.63. The summed E-state index contributed by atoms with van der Waals surface area (Å²) in [5.41, 5.74) is 2.95. The predicted molar refractivity (Wildman–Crippen MR) is 107 cm³/mol. The van der Waals surface area contributed by atoms with Crippen LogP contribution in [0.15, 0.2) is 42.5 Å². The van der Waals surface area contributed by atoms with Gasteiger partial charge in [-0.15, -0.1) is 0 Å². The zero-order chi connectivity index (χ0) is 21.6. The van der Waals surface area contributed by atoms with Crippen molar-refractivity contribution in [2.24, 2.45) is 0 Å². The van der Waals surface area contributed by atoms with E-state index in [1.165, 1.54) is 23.3 Å². The van der Waals surface area contributed by atoms with Crippen LogP contribution in [0.5, 0.6) is 0 Å². The van der Waals surface area contributed by atoms with Crippen LogP contribution in [-0.4, -0.2) is 11.1 Å². The topological polar surface area (TPSA) is 37.3 Å². The third kappa shape index (κ3) is 4.34. The Kier molecular flexibility index (Phi) is 5.31. The number of carboxylic acids is 1. The molecule has 0 saturated heterocycles. The normalized spacial score (nSPS) is 18.7. The molecule has 1 atom stereocenters. The number of carboxylic acid groups (broad SMARTS) is 1. The van der Waals surface area contributed by atoms with E-state index in [1.807, 2.05) is 18.2 Å². The number of benzene rings is 2. The number of fused-ring (bicyclic) bond motifs is 1. The van der Waals surface area contributed by atoms with Gasteiger partial charge in [0.15, 0.2) is 0 Å². The van der Waals surface area contributed by atoms with Crippen LogP contribution < -0.4 is 0 Å². The minimum absolute atomic E-state index is 0.0372. The van der Waals surface area contributed by atoms with Gasteiger partial charge in [-0.05, 0) is 64.5 Å². The fourth-order valence-electron chi connectivity index (χ4n) is 4.24. The van der Waals surface area contributed by atoms with Gasteiger partial charge in [-0.2, -0.15) is 13.2 Å². The number of alkyl halides is 3. The number of hydrogen-bond acceptors (Lipinski definition) is 1. The van der Waals surface area contributed by atoms with Crippen LogP contribution in [0.1, 0.15) is 74.3 Å². The maximum atomic E-state index is 12.8. The van der Waals surface area contributed by atoms with E-state index in [-0.39, 0.29) is 17.3 Å². The smallest absolute Gasteiger partial charge is 0.416 e. The molecule has 1 aliphatic carbocycles. The molecule has 1 unspecified atom stereocenters. The molecule has 156 valence electrons. The first-order valence-corrected chi connectivity index (χ1v) is 9.85. The van der Waals surface area contributed by atoms with Crippen molar-refractivity contribution in [3.63, 3.8) is 0 Å². The molecule has 0 fully saturated rings. The fourth-order valence-corrected chi connectivity index (χ4v) is 4.24. The Balaban J connectivity index is 1.95. The molecule has 0 aromatic heterocycles. The number of carbonyl (C=O) groups is 1. The second-order valence-electron chi connectivity index (χ2n) is 9.36. The van der Waals surface area contributed by atoms with Crippen molar-refractivity contribution in [1.82, 2.24) is 0 Å². The molecule has 0 radical (unpaired) electrons. The van der Waals surface area contributed by atoms with Crippen LogP contribution in [0.2, 0.25) is 0 Å². The summed E-state index contributed by atoms with van der Waals surface area (Å²) in [6.45, 7) is 8.77. The zero-order valence-corrected chi connectivity index (χ0v) is 17.2. The minimum atomic E-state index is -4.40. The van der Waals surface area contributed by atoms with E-state index < -0.39 is 23.6 Å². The molecule has 0 bridgehead atoms. The van der Waals surface area contributed by atoms with Gasteiger partial charge in [0.05, 0.1) is 11.5 Å². The predicted octanol–water partition coefficient (Wildman–Crippen LogP) is 6.47. The Bertz CT molecular complexity index is 909. The van der Waals surface area contributed by atoms with Crippen molar-refractivity contribution in [1.29, 1.82) is 0 Å². The van der Waals surface area contributed by atoms with Gasteiger partial charge in [-0.3, -0.25) is 4.79 Å². The van der Waals surface area contributed by atoms with Gasteiger partial charge < -0.3 is 5.11 Å². The van der Waals surface area contributed by atoms with Crippen LogP contribution in [0.4, 0.5) is 13.2 Å². The van der Waals surface area contributed by atoms with E-state index in [0.717, 1.165) is 25.0 Å². The van der Waals surface area contributed by atoms with Crippen LogP contribution in [0.3, 0.4) is 0 Å². The number of halogens is 3. The first-order chi connectivity index (χ1) is 13.3. The second kappa shape index (κ2) is 7.19. The van der Waals surface area contributed by atoms with E-state index in [4.69, 9.17) is 0 Å². The van der Waals surface area contributed by atoms with E-state index in [0.29, 0.717) is 11.1 Å². The molecule has 0 saturated carbocycles. The van der Waals surface area contributed by atoms with Crippen LogP contribution in [0.25, 0.3) is 0 Å². The van der Waals surface area contributed by atoms with Crippen molar-refractivity contribution >= 4 is 5.97 Å². The number of rotatable bonds is 4. The molecular formula is C24H27F3O2. The first-order valence-electron chi connectivity index (χ1n) is 9.85. The third-order valence-electron chi connectivity index (χ3n) is 6.30. The highest BCUT2D eigenvalue weighted by Crippen LogP contribution is 2.46. The molecule has 2 aromatic carbocycles. The van der Waals surface area contributed by atoms with E-state index in [1.54, 1.807) is 0 Å². The van der Waals surface area contributed by atoms with Gasteiger partial charge in [0.1, 0.15) is 0 Å². The lowest BCUT2D eigenvalue weighted by atomic mass is 9.62. The molecule has 2 nitrogen and oxygen atoms in total. The highest BCUT2D eigenvalue weighted by Gasteiger charge is 2.37. The molecule has 1 aliphatic rings. The summed E-state index contributed by atoms with van der Waals surface area (Å²) >= 11 is 0. The van der Waals surface area contributed by atoms with Crippen molar-refractivity contribution in [2.45, 2.75) is 69.9 Å². The standard InChI is InChI=1S/C24H27F3O2/c1-22(2)11-12-23(3,4)20-14-16(7-10-19(20)22)18(21(28)29)13-15-5-8-17(9-6-15)24(25,26)27/h5-10,14,18H,11-13H2,1-4H3,(H,28,29). The molecule has 5 heteroatoms. The summed E-state index contributed by atoms with van der Waals surface area (Å²) in [7, 11) is 0. The number of hydrogen-bond donors (Lipinski definition) is 1. The van der Waals surface area contributed by atoms with Gasteiger partial charge in [0.2, 0.25) is 0 Å². The Morgan fingerprint density at radius 2 is 1.52 bits per heavy atom. The van der Waals surface area contributed by atoms with Crippen LogP contribution in [0, 0.1) is 0 Å². The lowest BCUT2D eigenvalue weighted by Crippen LogP contribution is -2.34. The maximum Gasteiger partial charge on any atom is 0.416 e. The van der Waals surface area contributed by atoms with Gasteiger partial charge in [-0.25, -0.2) is 0 Å². The summed E-state index contributed by atoms with van der Waals surface area (Å²) in [6.07, 6.45) is -2.16. The van der Waals surface area contributed by atoms with Gasteiger partial charge in [-0.1, -0.05) is 58.0 Å². The first kappa shape index (κ1) is 21.4. The summed E-state index contributed by atoms with van der Waals surface area (Å²) in [6, 6.07) is 10.6. The maximum absolute atomic E-state index is 12.8. The molecule has 3 rings (SSSR count). The van der Waals surface area contributed by atoms with Crippen molar-refractivity contribution < 1.29 is 23.1 Å². The van der Waals surface area contributed by atoms with Crippen molar-refractivity contribution in [3.8, 4) is 0 Å². The van der Waals surface area contributed by atoms with Gasteiger partial charge >= 0.3 is 12.1 Å². The van der Waals surface area contributed by atoms with Crippen molar-refractivity contribution in [3.05, 3.63) is 70.3 Å². The quantitative estimate of drug-likeness (QED) is 0.634. The second-order valence-corrected chi connectivity index (χ2v) is 9.36. The molecule has 29 heavy (non-hydrogen) atoms. The Hall–Kier alpha value is -2.30. The molecule has 1 N–H and O–H groups in total. The largest absolute Gasteiger partial charge is 0.481 e. The average molecular weight is 404 g/mol. The minimum Gasteiger partial charge on any atom is -0.481 e. The summed E-state index contributed by atoms with van der Waals surface area (Å²) in [5, 5.41) is 9.83. The highest BCUT2D eigenvalue weighted by atomic mass is 19.4. The van der Waals surface area contributed by atoms with Crippen LogP contribution >= 0.6 is 0 Å². The molecule has 0 aliphatic heterocycles. The SMILES string of the molecule is CC1(C)CCC(C)(C)c2cc(C(Cc3ccc(C(F)(F)F)cc3)C(=O)O)ccc21. The van der Waals surface area contributed by atoms with Crippen molar-refractivity contribution in [2.75, 3.05) is 0 Å². The Morgan fingerprint density at radius 3 is 2.03 bits per heavy atom. The van der Waals surface area contributed by atoms with E-state index >= 15 is 0 Å². The fraction of sp³-hybridized carbons (Fsp3) is 0.458. The Morgan fingerprint density at radius 1 is 0.966 bits per heavy atom. The number of aliphatic carboxylic acids is 1. The summed E-state index contributed by atoms with van der Waals surface area (Å²) in [4.78, 5) is 12.0.